The van der Waals surface area contributed by atoms with Gasteiger partial charge in [-0.3, -0.25) is 5.32 Å². The van der Waals surface area contributed by atoms with Crippen LogP contribution < -0.4 is 5.32 Å². The van der Waals surface area contributed by atoms with Crippen LogP contribution in [0.4, 0.5) is 0 Å². The maximum atomic E-state index is 11.0. The molecule has 5 heteroatoms. The van der Waals surface area contributed by atoms with E-state index in [0.29, 0.717) is 12.8 Å². The molecule has 2 atom stereocenters. The van der Waals surface area contributed by atoms with Gasteiger partial charge in [0.25, 0.3) is 0 Å². The van der Waals surface area contributed by atoms with E-state index in [1.165, 1.54) is 12.2 Å². The second-order valence-corrected chi connectivity index (χ2v) is 3.47. The van der Waals surface area contributed by atoms with Crippen molar-refractivity contribution in [2.75, 3.05) is 0 Å². The number of hydrogen-bond acceptors (Lipinski definition) is 3. The first-order valence-corrected chi connectivity index (χ1v) is 4.56. The minimum Gasteiger partial charge on any atom is -0.480 e. The molecule has 0 aromatic heterocycles. The van der Waals surface area contributed by atoms with E-state index in [2.05, 4.69) is 11.9 Å². The maximum Gasteiger partial charge on any atom is 0.328 e. The molecule has 15 heavy (non-hydrogen) atoms. The summed E-state index contributed by atoms with van der Waals surface area (Å²) in [4.78, 5) is 21.2. The Hall–Kier alpha value is -1.62. The third-order valence-corrected chi connectivity index (χ3v) is 2.49. The van der Waals surface area contributed by atoms with Gasteiger partial charge in [0.1, 0.15) is 5.54 Å². The summed E-state index contributed by atoms with van der Waals surface area (Å²) in [5.74, 6) is -2.02. The summed E-state index contributed by atoms with van der Waals surface area (Å²) >= 11 is 0. The fourth-order valence-electron chi connectivity index (χ4n) is 1.62. The number of carboxylic acid groups (broad SMARTS) is 2. The molecule has 1 rings (SSSR count). The molecule has 3 N–H and O–H groups in total. The molecule has 0 aromatic rings. The van der Waals surface area contributed by atoms with E-state index in [9.17, 15) is 9.59 Å². The van der Waals surface area contributed by atoms with Gasteiger partial charge in [0.15, 0.2) is 0 Å². The highest BCUT2D eigenvalue weighted by atomic mass is 16.4. The fraction of sp³-hybridized carbons (Fsp3) is 0.400. The zero-order valence-corrected chi connectivity index (χ0v) is 8.14. The highest BCUT2D eigenvalue weighted by Gasteiger charge is 2.41. The smallest absolute Gasteiger partial charge is 0.328 e. The number of aliphatic carboxylic acids is 2. The van der Waals surface area contributed by atoms with Crippen LogP contribution in [0.25, 0.3) is 0 Å². The largest absolute Gasteiger partial charge is 0.480 e. The Morgan fingerprint density at radius 3 is 2.53 bits per heavy atom. The van der Waals surface area contributed by atoms with Crippen LogP contribution in [-0.4, -0.2) is 33.7 Å². The van der Waals surface area contributed by atoms with Gasteiger partial charge in [0.05, 0.1) is 0 Å². The third kappa shape index (κ3) is 2.44. The lowest BCUT2D eigenvalue weighted by molar-refractivity contribution is -0.142. The van der Waals surface area contributed by atoms with Crippen LogP contribution in [0, 0.1) is 0 Å². The Kier molecular flexibility index (Phi) is 3.26. The van der Waals surface area contributed by atoms with Gasteiger partial charge >= 0.3 is 11.9 Å². The minimum absolute atomic E-state index is 0.227. The number of carbonyl (C=O) groups is 2. The topological polar surface area (TPSA) is 86.6 Å². The van der Waals surface area contributed by atoms with Gasteiger partial charge in [-0.15, -0.1) is 6.58 Å². The van der Waals surface area contributed by atoms with Gasteiger partial charge in [-0.05, 0) is 12.8 Å². The van der Waals surface area contributed by atoms with Crippen molar-refractivity contribution in [3.63, 3.8) is 0 Å². The normalized spacial score (nSPS) is 30.5. The summed E-state index contributed by atoms with van der Waals surface area (Å²) in [6.07, 6.45) is 4.82. The van der Waals surface area contributed by atoms with Crippen molar-refractivity contribution in [3.8, 4) is 0 Å². The van der Waals surface area contributed by atoms with Crippen LogP contribution in [-0.2, 0) is 9.59 Å². The summed E-state index contributed by atoms with van der Waals surface area (Å²) in [7, 11) is 0. The molecule has 1 aliphatic heterocycles. The predicted molar refractivity (Wildman–Crippen MR) is 53.5 cm³/mol. The lowest BCUT2D eigenvalue weighted by Crippen LogP contribution is -2.47. The molecule has 0 bridgehead atoms. The average molecular weight is 211 g/mol. The highest BCUT2D eigenvalue weighted by molar-refractivity contribution is 5.82. The van der Waals surface area contributed by atoms with Crippen molar-refractivity contribution in [2.24, 2.45) is 0 Å². The molecule has 0 aliphatic carbocycles. The quantitative estimate of drug-likeness (QED) is 0.462. The number of carboxylic acids is 2. The van der Waals surface area contributed by atoms with Gasteiger partial charge in [-0.1, -0.05) is 12.2 Å². The van der Waals surface area contributed by atoms with Crippen LogP contribution >= 0.6 is 0 Å². The average Bonchev–Trinajstić information content (AvgIpc) is 2.59. The zero-order valence-electron chi connectivity index (χ0n) is 8.14. The summed E-state index contributed by atoms with van der Waals surface area (Å²) < 4.78 is 0. The van der Waals surface area contributed by atoms with E-state index in [1.54, 1.807) is 0 Å². The van der Waals surface area contributed by atoms with Gasteiger partial charge in [-0.2, -0.15) is 0 Å². The highest BCUT2D eigenvalue weighted by Crippen LogP contribution is 2.25. The standard InChI is InChI=1S/C10H13NO4/c1-2-10(9(14)15)6-5-7(11-10)3-4-8(12)13/h2-4,7,11H,1,5-6H2,(H,12,13)(H,14,15)/b4-3+/t7-,10+/m0/s1. The molecular weight excluding hydrogens is 198 g/mol. The molecule has 0 unspecified atom stereocenters. The first kappa shape index (κ1) is 11.5. The number of nitrogens with one attached hydrogen (secondary N) is 1. The maximum absolute atomic E-state index is 11.0. The van der Waals surface area contributed by atoms with Crippen LogP contribution in [0.1, 0.15) is 12.8 Å². The molecular formula is C10H13NO4. The van der Waals surface area contributed by atoms with E-state index < -0.39 is 17.5 Å². The van der Waals surface area contributed by atoms with Crippen molar-refractivity contribution in [1.82, 2.24) is 5.32 Å². The van der Waals surface area contributed by atoms with Crippen molar-refractivity contribution in [1.29, 1.82) is 0 Å². The van der Waals surface area contributed by atoms with Crippen LogP contribution in [0.2, 0.25) is 0 Å². The second kappa shape index (κ2) is 4.27. The Bertz CT molecular complexity index is 323. The molecule has 0 radical (unpaired) electrons. The Morgan fingerprint density at radius 2 is 2.13 bits per heavy atom. The number of rotatable bonds is 4. The first-order valence-electron chi connectivity index (χ1n) is 4.56. The molecule has 0 saturated carbocycles. The van der Waals surface area contributed by atoms with E-state index in [4.69, 9.17) is 10.2 Å². The fourth-order valence-corrected chi connectivity index (χ4v) is 1.62. The third-order valence-electron chi connectivity index (χ3n) is 2.49. The van der Waals surface area contributed by atoms with Crippen LogP contribution in [0.5, 0.6) is 0 Å². The molecule has 0 aromatic carbocycles. The summed E-state index contributed by atoms with van der Waals surface area (Å²) in [5.41, 5.74) is -1.12. The van der Waals surface area contributed by atoms with E-state index in [-0.39, 0.29) is 6.04 Å². The molecule has 1 saturated heterocycles. The van der Waals surface area contributed by atoms with Gasteiger partial charge in [0, 0.05) is 12.1 Å². The minimum atomic E-state index is -1.12. The SMILES string of the molecule is C=C[C@]1(C(=O)O)CC[C@H](/C=C/C(=O)O)N1. The molecule has 1 heterocycles. The van der Waals surface area contributed by atoms with Crippen molar-refractivity contribution in [2.45, 2.75) is 24.4 Å². The van der Waals surface area contributed by atoms with E-state index in [0.717, 1.165) is 6.08 Å². The molecule has 1 aliphatic rings. The van der Waals surface area contributed by atoms with Crippen LogP contribution in [0.3, 0.4) is 0 Å². The lowest BCUT2D eigenvalue weighted by Gasteiger charge is -2.20. The van der Waals surface area contributed by atoms with Gasteiger partial charge in [0.2, 0.25) is 0 Å². The van der Waals surface area contributed by atoms with Crippen molar-refractivity contribution >= 4 is 11.9 Å². The van der Waals surface area contributed by atoms with Crippen molar-refractivity contribution < 1.29 is 19.8 Å². The lowest BCUT2D eigenvalue weighted by atomic mass is 9.98. The van der Waals surface area contributed by atoms with E-state index in [1.807, 2.05) is 0 Å². The molecule has 82 valence electrons. The summed E-state index contributed by atoms with van der Waals surface area (Å²) in [6.45, 7) is 3.48. The second-order valence-electron chi connectivity index (χ2n) is 3.47. The van der Waals surface area contributed by atoms with Gasteiger partial charge < -0.3 is 10.2 Å². The molecule has 5 nitrogen and oxygen atoms in total. The summed E-state index contributed by atoms with van der Waals surface area (Å²) in [6, 6.07) is -0.227. The molecule has 0 amide bonds. The number of hydrogen-bond donors (Lipinski definition) is 3. The Balaban J connectivity index is 2.69. The summed E-state index contributed by atoms with van der Waals surface area (Å²) in [5, 5.41) is 20.2. The van der Waals surface area contributed by atoms with Crippen LogP contribution in [0.15, 0.2) is 24.8 Å². The predicted octanol–water partition coefficient (Wildman–Crippen LogP) is 0.389. The van der Waals surface area contributed by atoms with E-state index >= 15 is 0 Å². The zero-order chi connectivity index (χ0) is 11.5. The van der Waals surface area contributed by atoms with Gasteiger partial charge in [-0.25, -0.2) is 9.59 Å². The molecule has 0 spiro atoms. The van der Waals surface area contributed by atoms with Crippen molar-refractivity contribution in [3.05, 3.63) is 24.8 Å². The monoisotopic (exact) mass is 211 g/mol. The first-order chi connectivity index (χ1) is 7.00. The Morgan fingerprint density at radius 1 is 1.47 bits per heavy atom. The molecule has 1 fully saturated rings. The Labute approximate surface area is 87.1 Å².